The van der Waals surface area contributed by atoms with Crippen LogP contribution in [0.2, 0.25) is 0 Å². The van der Waals surface area contributed by atoms with Gasteiger partial charge in [0.15, 0.2) is 0 Å². The van der Waals surface area contributed by atoms with Gasteiger partial charge in [-0.15, -0.1) is 0 Å². The first-order valence-corrected chi connectivity index (χ1v) is 5.88. The van der Waals surface area contributed by atoms with E-state index in [0.717, 1.165) is 16.2 Å². The van der Waals surface area contributed by atoms with Crippen LogP contribution in [0.4, 0.5) is 5.00 Å². The number of carbonyl (C=O) groups excluding carboxylic acids is 1. The lowest BCUT2D eigenvalue weighted by Gasteiger charge is -2.24. The van der Waals surface area contributed by atoms with Gasteiger partial charge in [0.2, 0.25) is 5.91 Å². The monoisotopic (exact) mass is 257 g/mol. The number of nitrogens with zero attached hydrogens (tertiary/aromatic N) is 1. The van der Waals surface area contributed by atoms with Crippen LogP contribution >= 0.6 is 11.3 Å². The zero-order chi connectivity index (χ0) is 13.1. The van der Waals surface area contributed by atoms with Crippen molar-refractivity contribution in [3.63, 3.8) is 0 Å². The Labute approximate surface area is 103 Å². The van der Waals surface area contributed by atoms with Crippen molar-refractivity contribution in [3.05, 3.63) is 27.1 Å². The van der Waals surface area contributed by atoms with Crippen LogP contribution in [0, 0.1) is 10.1 Å². The van der Waals surface area contributed by atoms with Gasteiger partial charge in [-0.1, -0.05) is 11.3 Å². The van der Waals surface area contributed by atoms with E-state index in [0.29, 0.717) is 6.54 Å². The first kappa shape index (κ1) is 13.6. The Morgan fingerprint density at radius 3 is 2.71 bits per heavy atom. The number of carbonyl (C=O) groups is 1. The molecule has 0 atom stereocenters. The largest absolute Gasteiger partial charge is 0.370 e. The standard InChI is InChI=1S/C10H15N3O3S/c1-10(2,5-8(11)14)12-6-7-3-4-9(17-7)13(15)16/h3-4,12H,5-6H2,1-2H3,(H2,11,14). The van der Waals surface area contributed by atoms with E-state index in [2.05, 4.69) is 5.32 Å². The summed E-state index contributed by atoms with van der Waals surface area (Å²) < 4.78 is 0. The zero-order valence-electron chi connectivity index (χ0n) is 9.73. The lowest BCUT2D eigenvalue weighted by molar-refractivity contribution is -0.380. The number of hydrogen-bond donors (Lipinski definition) is 2. The predicted molar refractivity (Wildman–Crippen MR) is 65.7 cm³/mol. The summed E-state index contributed by atoms with van der Waals surface area (Å²) in [5, 5.41) is 13.8. The fourth-order valence-corrected chi connectivity index (χ4v) is 2.14. The van der Waals surface area contributed by atoms with Crippen molar-refractivity contribution in [2.24, 2.45) is 5.73 Å². The van der Waals surface area contributed by atoms with Crippen molar-refractivity contribution in [2.45, 2.75) is 32.4 Å². The molecule has 1 aromatic heterocycles. The van der Waals surface area contributed by atoms with Crippen molar-refractivity contribution < 1.29 is 9.72 Å². The van der Waals surface area contributed by atoms with Gasteiger partial charge in [0.1, 0.15) is 0 Å². The SMILES string of the molecule is CC(C)(CC(N)=O)NCc1ccc([N+](=O)[O-])s1. The average molecular weight is 257 g/mol. The molecule has 17 heavy (non-hydrogen) atoms. The van der Waals surface area contributed by atoms with Crippen LogP contribution < -0.4 is 11.1 Å². The van der Waals surface area contributed by atoms with Crippen LogP contribution in [0.5, 0.6) is 0 Å². The van der Waals surface area contributed by atoms with E-state index in [1.165, 1.54) is 6.07 Å². The summed E-state index contributed by atoms with van der Waals surface area (Å²) >= 11 is 1.12. The van der Waals surface area contributed by atoms with E-state index in [-0.39, 0.29) is 17.3 Å². The van der Waals surface area contributed by atoms with E-state index in [1.807, 2.05) is 13.8 Å². The lowest BCUT2D eigenvalue weighted by atomic mass is 10.0. The molecule has 0 aliphatic carbocycles. The summed E-state index contributed by atoms with van der Waals surface area (Å²) in [4.78, 5) is 21.8. The molecule has 0 fully saturated rings. The Balaban J connectivity index is 2.54. The highest BCUT2D eigenvalue weighted by molar-refractivity contribution is 7.15. The summed E-state index contributed by atoms with van der Waals surface area (Å²) in [7, 11) is 0. The molecule has 0 aliphatic rings. The molecule has 0 aliphatic heterocycles. The normalized spacial score (nSPS) is 11.4. The molecule has 1 aromatic rings. The number of rotatable bonds is 6. The number of hydrogen-bond acceptors (Lipinski definition) is 5. The van der Waals surface area contributed by atoms with Crippen LogP contribution in [0.3, 0.4) is 0 Å². The Bertz CT molecular complexity index is 428. The summed E-state index contributed by atoms with van der Waals surface area (Å²) in [6, 6.07) is 3.18. The van der Waals surface area contributed by atoms with Crippen molar-refractivity contribution in [3.8, 4) is 0 Å². The molecule has 0 spiro atoms. The molecular formula is C10H15N3O3S. The molecule has 3 N–H and O–H groups in total. The zero-order valence-corrected chi connectivity index (χ0v) is 10.5. The molecule has 7 heteroatoms. The molecule has 0 saturated carbocycles. The Morgan fingerprint density at radius 2 is 2.24 bits per heavy atom. The van der Waals surface area contributed by atoms with Gasteiger partial charge in [0.05, 0.1) is 4.92 Å². The highest BCUT2D eigenvalue weighted by Crippen LogP contribution is 2.24. The van der Waals surface area contributed by atoms with Crippen LogP contribution in [0.15, 0.2) is 12.1 Å². The van der Waals surface area contributed by atoms with E-state index >= 15 is 0 Å². The molecule has 1 heterocycles. The van der Waals surface area contributed by atoms with E-state index in [1.54, 1.807) is 6.07 Å². The molecule has 0 unspecified atom stereocenters. The fourth-order valence-electron chi connectivity index (χ4n) is 1.38. The van der Waals surface area contributed by atoms with E-state index in [4.69, 9.17) is 5.73 Å². The first-order chi connectivity index (χ1) is 7.80. The minimum absolute atomic E-state index is 0.120. The third kappa shape index (κ3) is 4.49. The van der Waals surface area contributed by atoms with Gasteiger partial charge in [0.25, 0.3) is 0 Å². The van der Waals surface area contributed by atoms with Gasteiger partial charge in [-0.25, -0.2) is 0 Å². The van der Waals surface area contributed by atoms with E-state index < -0.39 is 10.5 Å². The van der Waals surface area contributed by atoms with Crippen LogP contribution in [-0.2, 0) is 11.3 Å². The molecule has 0 radical (unpaired) electrons. The van der Waals surface area contributed by atoms with Gasteiger partial charge in [-0.05, 0) is 19.9 Å². The minimum atomic E-state index is -0.414. The van der Waals surface area contributed by atoms with Crippen molar-refractivity contribution in [1.82, 2.24) is 5.32 Å². The average Bonchev–Trinajstić information content (AvgIpc) is 2.61. The highest BCUT2D eigenvalue weighted by atomic mass is 32.1. The van der Waals surface area contributed by atoms with Crippen LogP contribution in [0.1, 0.15) is 25.1 Å². The maximum absolute atomic E-state index is 10.8. The molecule has 1 amide bonds. The molecular weight excluding hydrogens is 242 g/mol. The molecule has 0 bridgehead atoms. The fraction of sp³-hybridized carbons (Fsp3) is 0.500. The topological polar surface area (TPSA) is 98.3 Å². The van der Waals surface area contributed by atoms with Gasteiger partial charge in [-0.2, -0.15) is 0 Å². The van der Waals surface area contributed by atoms with Crippen molar-refractivity contribution >= 4 is 22.2 Å². The highest BCUT2D eigenvalue weighted by Gasteiger charge is 2.20. The van der Waals surface area contributed by atoms with Crippen molar-refractivity contribution in [2.75, 3.05) is 0 Å². The van der Waals surface area contributed by atoms with Gasteiger partial charge in [-0.3, -0.25) is 14.9 Å². The lowest BCUT2D eigenvalue weighted by Crippen LogP contribution is -2.42. The molecule has 6 nitrogen and oxygen atoms in total. The third-order valence-corrected chi connectivity index (χ3v) is 3.22. The summed E-state index contributed by atoms with van der Waals surface area (Å²) in [6.45, 7) is 4.21. The molecule has 94 valence electrons. The van der Waals surface area contributed by atoms with Gasteiger partial charge < -0.3 is 11.1 Å². The molecule has 1 rings (SSSR count). The summed E-state index contributed by atoms with van der Waals surface area (Å²) in [5.41, 5.74) is 4.71. The minimum Gasteiger partial charge on any atom is -0.370 e. The van der Waals surface area contributed by atoms with Crippen LogP contribution in [-0.4, -0.2) is 16.4 Å². The third-order valence-electron chi connectivity index (χ3n) is 2.18. The second kappa shape index (κ2) is 5.24. The summed E-state index contributed by atoms with van der Waals surface area (Å²) in [6.07, 6.45) is 0.223. The number of nitro groups is 1. The van der Waals surface area contributed by atoms with Crippen LogP contribution in [0.25, 0.3) is 0 Å². The number of nitrogens with two attached hydrogens (primary N) is 1. The molecule has 0 saturated heterocycles. The number of nitrogens with one attached hydrogen (secondary N) is 1. The Kier molecular flexibility index (Phi) is 4.19. The predicted octanol–water partition coefficient (Wildman–Crippen LogP) is 1.40. The summed E-state index contributed by atoms with van der Waals surface area (Å²) in [5.74, 6) is -0.375. The number of amides is 1. The first-order valence-electron chi connectivity index (χ1n) is 5.06. The van der Waals surface area contributed by atoms with E-state index in [9.17, 15) is 14.9 Å². The second-order valence-corrected chi connectivity index (χ2v) is 5.52. The van der Waals surface area contributed by atoms with Gasteiger partial charge in [0, 0.05) is 29.4 Å². The quantitative estimate of drug-likeness (QED) is 0.594. The van der Waals surface area contributed by atoms with Gasteiger partial charge >= 0.3 is 5.00 Å². The Hall–Kier alpha value is -1.47. The Morgan fingerprint density at radius 1 is 1.59 bits per heavy atom. The number of thiophene rings is 1. The van der Waals surface area contributed by atoms with Crippen molar-refractivity contribution in [1.29, 1.82) is 0 Å². The molecule has 0 aromatic carbocycles. The maximum Gasteiger partial charge on any atom is 0.324 e. The smallest absolute Gasteiger partial charge is 0.324 e. The second-order valence-electron chi connectivity index (χ2n) is 4.38. The maximum atomic E-state index is 10.8. The number of primary amides is 1.